The van der Waals surface area contributed by atoms with Crippen LogP contribution in [-0.4, -0.2) is 35.3 Å². The van der Waals surface area contributed by atoms with E-state index in [9.17, 15) is 9.90 Å². The molecule has 1 atom stereocenters. The molecule has 3 rings (SSSR count). The van der Waals surface area contributed by atoms with Crippen molar-refractivity contribution in [2.24, 2.45) is 7.05 Å². The number of amides is 1. The van der Waals surface area contributed by atoms with Crippen molar-refractivity contribution in [1.29, 1.82) is 0 Å². The molecule has 0 aliphatic heterocycles. The van der Waals surface area contributed by atoms with Crippen molar-refractivity contribution < 1.29 is 19.4 Å². The number of fused-ring (bicyclic) bond motifs is 1. The molecule has 1 amide bonds. The monoisotopic (exact) mass is 382 g/mol. The lowest BCUT2D eigenvalue weighted by Gasteiger charge is -2.14. The van der Waals surface area contributed by atoms with Crippen molar-refractivity contribution >= 4 is 16.8 Å². The largest absolute Gasteiger partial charge is 0.490 e. The molecule has 1 unspecified atom stereocenters. The third-order valence-corrected chi connectivity index (χ3v) is 4.56. The Kier molecular flexibility index (Phi) is 6.21. The fraction of sp³-hybridized carbons (Fsp3) is 0.318. The van der Waals surface area contributed by atoms with Gasteiger partial charge in [0.15, 0.2) is 11.5 Å². The molecule has 28 heavy (non-hydrogen) atoms. The van der Waals surface area contributed by atoms with Crippen LogP contribution in [-0.2, 0) is 7.05 Å². The zero-order valence-electron chi connectivity index (χ0n) is 16.4. The maximum absolute atomic E-state index is 12.5. The van der Waals surface area contributed by atoms with Crippen molar-refractivity contribution in [2.75, 3.05) is 19.8 Å². The number of rotatable bonds is 8. The van der Waals surface area contributed by atoms with Crippen molar-refractivity contribution in [3.05, 3.63) is 59.8 Å². The number of benzene rings is 2. The van der Waals surface area contributed by atoms with E-state index in [1.165, 1.54) is 0 Å². The number of aliphatic hydroxyl groups is 1. The van der Waals surface area contributed by atoms with Gasteiger partial charge >= 0.3 is 0 Å². The minimum Gasteiger partial charge on any atom is -0.490 e. The summed E-state index contributed by atoms with van der Waals surface area (Å²) in [4.78, 5) is 12.5. The number of nitrogens with one attached hydrogen (secondary N) is 1. The lowest BCUT2D eigenvalue weighted by molar-refractivity contribution is 0.0916. The van der Waals surface area contributed by atoms with E-state index >= 15 is 0 Å². The van der Waals surface area contributed by atoms with E-state index in [0.29, 0.717) is 30.3 Å². The van der Waals surface area contributed by atoms with Gasteiger partial charge in [-0.15, -0.1) is 0 Å². The highest BCUT2D eigenvalue weighted by Gasteiger charge is 2.14. The molecule has 0 bridgehead atoms. The average Bonchev–Trinajstić information content (AvgIpc) is 3.07. The number of aryl methyl sites for hydroxylation is 1. The van der Waals surface area contributed by atoms with Gasteiger partial charge in [0.1, 0.15) is 0 Å². The van der Waals surface area contributed by atoms with Crippen molar-refractivity contribution in [2.45, 2.75) is 20.0 Å². The molecular weight excluding hydrogens is 356 g/mol. The summed E-state index contributed by atoms with van der Waals surface area (Å²) >= 11 is 0. The Hall–Kier alpha value is -2.99. The normalized spacial score (nSPS) is 12.0. The first-order chi connectivity index (χ1) is 13.5. The van der Waals surface area contributed by atoms with E-state index in [1.54, 1.807) is 18.2 Å². The molecule has 0 saturated carbocycles. The Morgan fingerprint density at radius 1 is 1.07 bits per heavy atom. The van der Waals surface area contributed by atoms with Crippen molar-refractivity contribution in [3.8, 4) is 11.5 Å². The highest BCUT2D eigenvalue weighted by Crippen LogP contribution is 2.28. The van der Waals surface area contributed by atoms with E-state index in [4.69, 9.17) is 9.47 Å². The van der Waals surface area contributed by atoms with E-state index < -0.39 is 6.10 Å². The Balaban J connectivity index is 1.67. The van der Waals surface area contributed by atoms with Gasteiger partial charge in [0.2, 0.25) is 0 Å². The first-order valence-electron chi connectivity index (χ1n) is 9.44. The fourth-order valence-electron chi connectivity index (χ4n) is 3.11. The topological polar surface area (TPSA) is 72.7 Å². The van der Waals surface area contributed by atoms with Crippen LogP contribution in [0.1, 0.15) is 35.9 Å². The molecule has 1 aromatic heterocycles. The van der Waals surface area contributed by atoms with Crippen LogP contribution in [0.3, 0.4) is 0 Å². The van der Waals surface area contributed by atoms with Crippen LogP contribution in [0.25, 0.3) is 10.9 Å². The third kappa shape index (κ3) is 4.28. The third-order valence-electron chi connectivity index (χ3n) is 4.56. The lowest BCUT2D eigenvalue weighted by Crippen LogP contribution is -2.28. The first-order valence-corrected chi connectivity index (χ1v) is 9.44. The molecule has 0 saturated heterocycles. The molecule has 0 spiro atoms. The fourth-order valence-corrected chi connectivity index (χ4v) is 3.11. The second kappa shape index (κ2) is 8.80. The van der Waals surface area contributed by atoms with Crippen LogP contribution in [0, 0.1) is 0 Å². The molecule has 2 aromatic carbocycles. The summed E-state index contributed by atoms with van der Waals surface area (Å²) in [6, 6.07) is 12.9. The van der Waals surface area contributed by atoms with Crippen LogP contribution in [0.15, 0.2) is 48.7 Å². The molecular formula is C22H26N2O4. The summed E-state index contributed by atoms with van der Waals surface area (Å²) in [5.41, 5.74) is 2.32. The second-order valence-corrected chi connectivity index (χ2v) is 6.50. The quantitative estimate of drug-likeness (QED) is 0.626. The van der Waals surface area contributed by atoms with Crippen LogP contribution >= 0.6 is 0 Å². The maximum atomic E-state index is 12.5. The van der Waals surface area contributed by atoms with E-state index in [1.807, 2.05) is 55.9 Å². The number of aromatic nitrogens is 1. The summed E-state index contributed by atoms with van der Waals surface area (Å²) in [5, 5.41) is 14.3. The highest BCUT2D eigenvalue weighted by molar-refractivity contribution is 5.95. The molecule has 3 aromatic rings. The smallest absolute Gasteiger partial charge is 0.251 e. The number of nitrogens with zero attached hydrogens (tertiary/aromatic N) is 1. The lowest BCUT2D eigenvalue weighted by atomic mass is 10.1. The number of carbonyl (C=O) groups is 1. The number of carbonyl (C=O) groups excluding carboxylic acids is 1. The predicted molar refractivity (Wildman–Crippen MR) is 109 cm³/mol. The van der Waals surface area contributed by atoms with Crippen molar-refractivity contribution in [3.63, 3.8) is 0 Å². The van der Waals surface area contributed by atoms with Gasteiger partial charge in [-0.25, -0.2) is 0 Å². The predicted octanol–water partition coefficient (Wildman–Crippen LogP) is 3.44. The summed E-state index contributed by atoms with van der Waals surface area (Å²) in [5.74, 6) is 0.869. The highest BCUT2D eigenvalue weighted by atomic mass is 16.5. The molecule has 0 aliphatic rings. The van der Waals surface area contributed by atoms with Gasteiger partial charge in [0, 0.05) is 30.9 Å². The molecule has 1 heterocycles. The molecule has 6 heteroatoms. The van der Waals surface area contributed by atoms with Gasteiger partial charge in [0.25, 0.3) is 5.91 Å². The van der Waals surface area contributed by atoms with Crippen LogP contribution in [0.2, 0.25) is 0 Å². The van der Waals surface area contributed by atoms with E-state index in [-0.39, 0.29) is 12.5 Å². The number of hydrogen-bond acceptors (Lipinski definition) is 4. The second-order valence-electron chi connectivity index (χ2n) is 6.50. The number of aliphatic hydroxyl groups excluding tert-OH is 1. The van der Waals surface area contributed by atoms with E-state index in [0.717, 1.165) is 16.5 Å². The maximum Gasteiger partial charge on any atom is 0.251 e. The van der Waals surface area contributed by atoms with Gasteiger partial charge in [-0.05, 0) is 61.2 Å². The molecule has 2 N–H and O–H groups in total. The minimum atomic E-state index is -0.789. The van der Waals surface area contributed by atoms with Gasteiger partial charge < -0.3 is 24.5 Å². The van der Waals surface area contributed by atoms with Crippen LogP contribution in [0.4, 0.5) is 0 Å². The van der Waals surface area contributed by atoms with Crippen LogP contribution in [0.5, 0.6) is 11.5 Å². The zero-order chi connectivity index (χ0) is 20.1. The Labute approximate surface area is 164 Å². The molecule has 148 valence electrons. The van der Waals surface area contributed by atoms with Crippen LogP contribution < -0.4 is 14.8 Å². The Morgan fingerprint density at radius 3 is 2.57 bits per heavy atom. The summed E-state index contributed by atoms with van der Waals surface area (Å²) in [7, 11) is 1.98. The molecule has 0 fully saturated rings. The summed E-state index contributed by atoms with van der Waals surface area (Å²) in [6.45, 7) is 4.89. The zero-order valence-corrected chi connectivity index (χ0v) is 16.4. The molecule has 6 nitrogen and oxygen atoms in total. The minimum absolute atomic E-state index is 0.119. The Morgan fingerprint density at radius 2 is 1.82 bits per heavy atom. The standard InChI is InChI=1S/C22H26N2O4/c1-4-27-20-9-7-17(13-21(20)28-5-2)22(26)23-14-19(25)16-6-8-18-15(12-16)10-11-24(18)3/h6-13,19,25H,4-5,14H2,1-3H3,(H,23,26). The average molecular weight is 382 g/mol. The summed E-state index contributed by atoms with van der Waals surface area (Å²) in [6.07, 6.45) is 1.19. The first kappa shape index (κ1) is 19.8. The van der Waals surface area contributed by atoms with Gasteiger partial charge in [-0.3, -0.25) is 4.79 Å². The molecule has 0 aliphatic carbocycles. The van der Waals surface area contributed by atoms with E-state index in [2.05, 4.69) is 5.32 Å². The van der Waals surface area contributed by atoms with Crippen molar-refractivity contribution in [1.82, 2.24) is 9.88 Å². The number of ether oxygens (including phenoxy) is 2. The number of hydrogen-bond donors (Lipinski definition) is 2. The molecule has 0 radical (unpaired) electrons. The van der Waals surface area contributed by atoms with Gasteiger partial charge in [-0.2, -0.15) is 0 Å². The Bertz CT molecular complexity index is 964. The summed E-state index contributed by atoms with van der Waals surface area (Å²) < 4.78 is 13.1. The van der Waals surface area contributed by atoms with Gasteiger partial charge in [0.05, 0.1) is 19.3 Å². The SMILES string of the molecule is CCOc1ccc(C(=O)NCC(O)c2ccc3c(ccn3C)c2)cc1OCC. The van der Waals surface area contributed by atoms with Gasteiger partial charge in [-0.1, -0.05) is 6.07 Å².